The van der Waals surface area contributed by atoms with Crippen LogP contribution in [0.2, 0.25) is 0 Å². The van der Waals surface area contributed by atoms with Gasteiger partial charge in [-0.05, 0) is 19.1 Å². The largest absolute Gasteiger partial charge is 0.481 e. The Hall–Kier alpha value is -2.66. The number of nitriles is 1. The second-order valence-electron chi connectivity index (χ2n) is 4.65. The van der Waals surface area contributed by atoms with Gasteiger partial charge in [-0.15, -0.1) is 0 Å². The maximum atomic E-state index is 13.3. The van der Waals surface area contributed by atoms with E-state index in [2.05, 4.69) is 10.6 Å². The molecule has 7 nitrogen and oxygen atoms in total. The van der Waals surface area contributed by atoms with Gasteiger partial charge in [-0.2, -0.15) is 5.26 Å². The maximum Gasteiger partial charge on any atom is 0.319 e. The predicted molar refractivity (Wildman–Crippen MR) is 71.0 cm³/mol. The summed E-state index contributed by atoms with van der Waals surface area (Å²) >= 11 is 0. The van der Waals surface area contributed by atoms with E-state index in [9.17, 15) is 19.1 Å². The van der Waals surface area contributed by atoms with E-state index in [1.54, 1.807) is 6.07 Å². The average Bonchev–Trinajstić information content (AvgIpc) is 2.35. The van der Waals surface area contributed by atoms with Crippen molar-refractivity contribution < 1.29 is 24.2 Å². The number of anilines is 1. The SMILES string of the molecule is CC(O)(CNC(=O)Nc1cccc(F)c1C#N)CC(=O)O. The first-order valence-corrected chi connectivity index (χ1v) is 5.93. The van der Waals surface area contributed by atoms with Crippen LogP contribution < -0.4 is 10.6 Å². The van der Waals surface area contributed by atoms with Gasteiger partial charge >= 0.3 is 12.0 Å². The number of hydrogen-bond donors (Lipinski definition) is 4. The van der Waals surface area contributed by atoms with Crippen molar-refractivity contribution in [1.29, 1.82) is 5.26 Å². The fourth-order valence-corrected chi connectivity index (χ4v) is 1.57. The van der Waals surface area contributed by atoms with Crippen LogP contribution in [0.4, 0.5) is 14.9 Å². The number of halogens is 1. The monoisotopic (exact) mass is 295 g/mol. The zero-order chi connectivity index (χ0) is 16.0. The summed E-state index contributed by atoms with van der Waals surface area (Å²) in [7, 11) is 0. The molecule has 4 N–H and O–H groups in total. The minimum absolute atomic E-state index is 0.0205. The maximum absolute atomic E-state index is 13.3. The molecule has 21 heavy (non-hydrogen) atoms. The molecule has 0 saturated heterocycles. The zero-order valence-corrected chi connectivity index (χ0v) is 11.2. The number of nitrogens with zero attached hydrogens (tertiary/aromatic N) is 1. The molecule has 0 fully saturated rings. The molecular formula is C13H14FN3O4. The molecular weight excluding hydrogens is 281 g/mol. The van der Waals surface area contributed by atoms with Crippen LogP contribution in [-0.2, 0) is 4.79 Å². The number of amides is 2. The molecule has 0 aliphatic heterocycles. The smallest absolute Gasteiger partial charge is 0.319 e. The summed E-state index contributed by atoms with van der Waals surface area (Å²) in [5.41, 5.74) is -1.96. The fourth-order valence-electron chi connectivity index (χ4n) is 1.57. The topological polar surface area (TPSA) is 122 Å². The third-order valence-electron chi connectivity index (χ3n) is 2.54. The van der Waals surface area contributed by atoms with Gasteiger partial charge in [0.2, 0.25) is 0 Å². The normalized spacial score (nSPS) is 12.9. The van der Waals surface area contributed by atoms with E-state index in [-0.39, 0.29) is 17.8 Å². The van der Waals surface area contributed by atoms with Crippen LogP contribution in [0.5, 0.6) is 0 Å². The van der Waals surface area contributed by atoms with Crippen molar-refractivity contribution in [2.45, 2.75) is 18.9 Å². The standard InChI is InChI=1S/C13H14FN3O4/c1-13(21,5-11(18)19)7-16-12(20)17-10-4-2-3-9(14)8(10)6-15/h2-4,21H,5,7H2,1H3,(H,18,19)(H2,16,17,20). The summed E-state index contributed by atoms with van der Waals surface area (Å²) in [5.74, 6) is -1.98. The summed E-state index contributed by atoms with van der Waals surface area (Å²) in [5, 5.41) is 31.6. The van der Waals surface area contributed by atoms with E-state index in [1.807, 2.05) is 0 Å². The van der Waals surface area contributed by atoms with Gasteiger partial charge in [0.15, 0.2) is 0 Å². The highest BCUT2D eigenvalue weighted by Gasteiger charge is 2.25. The van der Waals surface area contributed by atoms with Crippen molar-refractivity contribution >= 4 is 17.7 Å². The Labute approximate surface area is 120 Å². The Morgan fingerprint density at radius 3 is 2.71 bits per heavy atom. The lowest BCUT2D eigenvalue weighted by molar-refractivity contribution is -0.141. The van der Waals surface area contributed by atoms with Crippen LogP contribution >= 0.6 is 0 Å². The van der Waals surface area contributed by atoms with E-state index in [1.165, 1.54) is 19.1 Å². The first-order valence-electron chi connectivity index (χ1n) is 5.93. The molecule has 0 aliphatic rings. The Kier molecular flexibility index (Phi) is 5.21. The van der Waals surface area contributed by atoms with Gasteiger partial charge in [0.1, 0.15) is 17.4 Å². The van der Waals surface area contributed by atoms with Crippen LogP contribution in [0.1, 0.15) is 18.9 Å². The molecule has 2 amide bonds. The van der Waals surface area contributed by atoms with Gasteiger partial charge in [-0.3, -0.25) is 4.79 Å². The molecule has 0 spiro atoms. The first-order chi connectivity index (χ1) is 9.75. The third kappa shape index (κ3) is 5.08. The number of carbonyl (C=O) groups excluding carboxylic acids is 1. The minimum Gasteiger partial charge on any atom is -0.481 e. The lowest BCUT2D eigenvalue weighted by Gasteiger charge is -2.21. The molecule has 1 unspecified atom stereocenters. The second-order valence-corrected chi connectivity index (χ2v) is 4.65. The van der Waals surface area contributed by atoms with Gasteiger partial charge in [-0.25, -0.2) is 9.18 Å². The number of nitrogens with one attached hydrogen (secondary N) is 2. The number of carboxylic acids is 1. The van der Waals surface area contributed by atoms with Gasteiger partial charge in [0.05, 0.1) is 17.7 Å². The van der Waals surface area contributed by atoms with Crippen molar-refractivity contribution in [2.75, 3.05) is 11.9 Å². The molecule has 8 heteroatoms. The Morgan fingerprint density at radius 2 is 2.14 bits per heavy atom. The van der Waals surface area contributed by atoms with Crippen LogP contribution in [0, 0.1) is 17.1 Å². The summed E-state index contributed by atoms with van der Waals surface area (Å²) in [6.45, 7) is 0.937. The molecule has 112 valence electrons. The van der Waals surface area contributed by atoms with E-state index in [4.69, 9.17) is 10.4 Å². The lowest BCUT2D eigenvalue weighted by Crippen LogP contribution is -2.43. The first kappa shape index (κ1) is 16.4. The molecule has 1 rings (SSSR count). The summed E-state index contributed by atoms with van der Waals surface area (Å²) in [4.78, 5) is 22.1. The molecule has 0 aliphatic carbocycles. The van der Waals surface area contributed by atoms with Crippen molar-refractivity contribution in [3.05, 3.63) is 29.6 Å². The molecule has 1 aromatic carbocycles. The second kappa shape index (κ2) is 6.67. The molecule has 1 aromatic rings. The highest BCUT2D eigenvalue weighted by atomic mass is 19.1. The van der Waals surface area contributed by atoms with E-state index < -0.39 is 29.8 Å². The van der Waals surface area contributed by atoms with Crippen LogP contribution in [0.25, 0.3) is 0 Å². The highest BCUT2D eigenvalue weighted by Crippen LogP contribution is 2.17. The van der Waals surface area contributed by atoms with Crippen LogP contribution in [0.15, 0.2) is 18.2 Å². The van der Waals surface area contributed by atoms with E-state index in [0.29, 0.717) is 0 Å². The molecule has 1 atom stereocenters. The number of urea groups is 1. The number of hydrogen-bond acceptors (Lipinski definition) is 4. The number of carbonyl (C=O) groups is 2. The Balaban J connectivity index is 2.65. The zero-order valence-electron chi connectivity index (χ0n) is 11.2. The van der Waals surface area contributed by atoms with Crippen LogP contribution in [0.3, 0.4) is 0 Å². The third-order valence-corrected chi connectivity index (χ3v) is 2.54. The highest BCUT2D eigenvalue weighted by molar-refractivity contribution is 5.90. The number of benzene rings is 1. The van der Waals surface area contributed by atoms with Gasteiger partial charge < -0.3 is 20.8 Å². The van der Waals surface area contributed by atoms with Gasteiger partial charge in [-0.1, -0.05) is 6.07 Å². The molecule has 0 heterocycles. The summed E-state index contributed by atoms with van der Waals surface area (Å²) < 4.78 is 13.3. The van der Waals surface area contributed by atoms with Gasteiger partial charge in [0.25, 0.3) is 0 Å². The number of carboxylic acid groups (broad SMARTS) is 1. The number of rotatable bonds is 5. The fraction of sp³-hybridized carbons (Fsp3) is 0.308. The van der Waals surface area contributed by atoms with Gasteiger partial charge in [0, 0.05) is 6.54 Å². The van der Waals surface area contributed by atoms with E-state index >= 15 is 0 Å². The minimum atomic E-state index is -1.62. The number of aliphatic hydroxyl groups is 1. The predicted octanol–water partition coefficient (Wildman–Crippen LogP) is 1.04. The Morgan fingerprint density at radius 1 is 1.48 bits per heavy atom. The number of aliphatic carboxylic acids is 1. The van der Waals surface area contributed by atoms with Crippen LogP contribution in [-0.4, -0.2) is 34.4 Å². The molecule has 0 saturated carbocycles. The molecule has 0 bridgehead atoms. The average molecular weight is 295 g/mol. The van der Waals surface area contributed by atoms with Crippen molar-refractivity contribution in [3.63, 3.8) is 0 Å². The lowest BCUT2D eigenvalue weighted by atomic mass is 10.0. The molecule has 0 aromatic heterocycles. The summed E-state index contributed by atoms with van der Waals surface area (Å²) in [6.07, 6.45) is -0.545. The summed E-state index contributed by atoms with van der Waals surface area (Å²) in [6, 6.07) is 4.59. The van der Waals surface area contributed by atoms with E-state index in [0.717, 1.165) is 6.07 Å². The van der Waals surface area contributed by atoms with Crippen molar-refractivity contribution in [1.82, 2.24) is 5.32 Å². The Bertz CT molecular complexity index is 596. The molecule has 0 radical (unpaired) electrons. The van der Waals surface area contributed by atoms with Crippen molar-refractivity contribution in [3.8, 4) is 6.07 Å². The van der Waals surface area contributed by atoms with Crippen molar-refractivity contribution in [2.24, 2.45) is 0 Å². The quantitative estimate of drug-likeness (QED) is 0.646.